The molecule has 100 heavy (non-hydrogen) atoms. The monoisotopic (exact) mass is 1420 g/mol. The molecule has 0 unspecified atom stereocenters. The van der Waals surface area contributed by atoms with E-state index < -0.39 is 30.1 Å². The van der Waals surface area contributed by atoms with Gasteiger partial charge in [0.1, 0.15) is 34.6 Å². The maximum atomic E-state index is 13.7. The van der Waals surface area contributed by atoms with Crippen molar-refractivity contribution in [1.29, 1.82) is 0 Å². The summed E-state index contributed by atoms with van der Waals surface area (Å²) in [6, 6.07) is 42.7. The van der Waals surface area contributed by atoms with Crippen molar-refractivity contribution in [1.82, 2.24) is 0 Å². The summed E-state index contributed by atoms with van der Waals surface area (Å²) in [5, 5.41) is 0. The fraction of sp³-hybridized carbons (Fsp3) is 0.524. The van der Waals surface area contributed by atoms with Crippen molar-refractivity contribution in [3.8, 4) is 17.2 Å². The lowest BCUT2D eigenvalue weighted by Crippen LogP contribution is -2.32. The smallest absolute Gasteiger partial charge is 0.264 e. The Kier molecular flexibility index (Phi) is 30.0. The number of aryl methyl sites for hydroxylation is 2. The van der Waals surface area contributed by atoms with Gasteiger partial charge in [-0.3, -0.25) is 27.3 Å². The second-order valence-electron chi connectivity index (χ2n) is 28.0. The van der Waals surface area contributed by atoms with Gasteiger partial charge in [0.2, 0.25) is 0 Å². The van der Waals surface area contributed by atoms with E-state index in [-0.39, 0.29) is 51.3 Å². The third-order valence-electron chi connectivity index (χ3n) is 21.1. The number of carbonyl (C=O) groups is 3. The van der Waals surface area contributed by atoms with Crippen molar-refractivity contribution >= 4 is 64.5 Å². The third-order valence-corrected chi connectivity index (χ3v) is 26.7. The molecule has 5 aliphatic rings. The Morgan fingerprint density at radius 2 is 0.650 bits per heavy atom. The van der Waals surface area contributed by atoms with Crippen LogP contribution in [-0.4, -0.2) is 83.6 Å². The molecular weight excluding hydrogens is 1320 g/mol. The van der Waals surface area contributed by atoms with E-state index in [1.807, 2.05) is 42.5 Å². The molecule has 4 saturated carbocycles. The van der Waals surface area contributed by atoms with Crippen LogP contribution in [0.5, 0.6) is 17.2 Å². The normalized spacial score (nSPS) is 16.8. The molecule has 0 bridgehead atoms. The van der Waals surface area contributed by atoms with Gasteiger partial charge in [-0.15, -0.1) is 0 Å². The Labute approximate surface area is 598 Å². The number of benzene rings is 6. The molecule has 0 atom stereocenters. The first-order valence-electron chi connectivity index (χ1n) is 37.4. The zero-order chi connectivity index (χ0) is 70.7. The Hall–Kier alpha value is -7.02. The van der Waals surface area contributed by atoms with Crippen molar-refractivity contribution in [2.75, 3.05) is 53.9 Å². The second kappa shape index (κ2) is 38.9. The minimum atomic E-state index is -3.78. The third kappa shape index (κ3) is 21.8. The molecule has 542 valence electrons. The van der Waals surface area contributed by atoms with E-state index in [0.717, 1.165) is 96.3 Å². The topological polar surface area (TPSA) is 191 Å². The van der Waals surface area contributed by atoms with Gasteiger partial charge in [-0.25, -0.2) is 25.3 Å². The Morgan fingerprint density at radius 3 is 1.01 bits per heavy atom. The fourth-order valence-electron chi connectivity index (χ4n) is 15.2. The number of nitrogens with zero attached hydrogens (tertiary/aromatic N) is 3. The highest BCUT2D eigenvalue weighted by Gasteiger charge is 2.31. The fourth-order valence-corrected chi connectivity index (χ4v) is 19.7. The minimum Gasteiger partial charge on any atom is -0.497 e. The molecule has 11 rings (SSSR count). The van der Waals surface area contributed by atoms with Crippen molar-refractivity contribution in [2.45, 2.75) is 232 Å². The predicted molar refractivity (Wildman–Crippen MR) is 401 cm³/mol. The zero-order valence-corrected chi connectivity index (χ0v) is 62.0. The highest BCUT2D eigenvalue weighted by atomic mass is 32.2. The summed E-state index contributed by atoms with van der Waals surface area (Å²) < 4.78 is 102. The van der Waals surface area contributed by atoms with Crippen LogP contribution in [-0.2, 0) is 57.3 Å². The molecule has 6 aromatic rings. The number of carbonyl (C=O) groups excluding carboxylic acids is 3. The molecule has 0 heterocycles. The molecule has 0 N–H and O–H groups in total. The summed E-state index contributed by atoms with van der Waals surface area (Å²) >= 11 is 0. The molecule has 4 fully saturated rings. The first-order chi connectivity index (χ1) is 48.5. The molecule has 0 amide bonds. The first-order valence-corrected chi connectivity index (χ1v) is 41.7. The number of para-hydroxylation sites is 1. The van der Waals surface area contributed by atoms with Gasteiger partial charge in [0.25, 0.3) is 30.1 Å². The average molecular weight is 1420 g/mol. The lowest BCUT2D eigenvalue weighted by atomic mass is 9.84. The van der Waals surface area contributed by atoms with Crippen LogP contribution < -0.4 is 27.1 Å². The van der Waals surface area contributed by atoms with Crippen LogP contribution in [0.15, 0.2) is 160 Å². The number of ketones is 3. The Bertz CT molecular complexity index is 3840. The molecule has 0 radical (unpaired) electrons. The van der Waals surface area contributed by atoms with Crippen molar-refractivity contribution < 1.29 is 53.8 Å². The van der Waals surface area contributed by atoms with E-state index in [0.29, 0.717) is 96.9 Å². The van der Waals surface area contributed by atoms with E-state index in [1.165, 1.54) is 107 Å². The summed E-state index contributed by atoms with van der Waals surface area (Å²) in [7, 11) is -6.61. The Morgan fingerprint density at radius 1 is 0.340 bits per heavy atom. The average Bonchev–Trinajstić information content (AvgIpc) is 1.01. The van der Waals surface area contributed by atoms with Gasteiger partial charge in [0.05, 0.1) is 53.1 Å². The summed E-state index contributed by atoms with van der Waals surface area (Å²) in [4.78, 5) is 39.1. The van der Waals surface area contributed by atoms with Crippen LogP contribution in [0.3, 0.4) is 0 Å². The van der Waals surface area contributed by atoms with Crippen LogP contribution in [0.1, 0.15) is 222 Å². The van der Waals surface area contributed by atoms with E-state index >= 15 is 0 Å². The van der Waals surface area contributed by atoms with Crippen LogP contribution >= 0.6 is 0 Å². The van der Waals surface area contributed by atoms with Gasteiger partial charge in [-0.1, -0.05) is 133 Å². The van der Waals surface area contributed by atoms with Gasteiger partial charge in [0.15, 0.2) is 0 Å². The number of anilines is 3. The first kappa shape index (κ1) is 77.1. The molecule has 15 nitrogen and oxygen atoms in total. The summed E-state index contributed by atoms with van der Waals surface area (Å²) in [6.07, 6.45) is 33.4. The number of hydrogen-bond acceptors (Lipinski definition) is 12. The number of hydrogen-bond donors (Lipinski definition) is 0. The number of methoxy groups -OCH3 is 3. The number of Topliss-reactive ketones (excluding diaryl/α,β-unsaturated/α-hetero) is 3. The number of rotatable bonds is 28. The lowest BCUT2D eigenvalue weighted by Gasteiger charge is -2.27. The van der Waals surface area contributed by atoms with E-state index in [9.17, 15) is 39.6 Å². The molecule has 5 aliphatic carbocycles. The number of sulfonamides is 3. The van der Waals surface area contributed by atoms with E-state index in [4.69, 9.17) is 14.2 Å². The largest absolute Gasteiger partial charge is 0.497 e. The minimum absolute atomic E-state index is 0.147. The van der Waals surface area contributed by atoms with Gasteiger partial charge in [0, 0.05) is 56.7 Å². The highest BCUT2D eigenvalue weighted by molar-refractivity contribution is 7.93. The van der Waals surface area contributed by atoms with Crippen molar-refractivity contribution in [3.05, 3.63) is 162 Å². The molecule has 0 saturated heterocycles. The number of fused-ring (bicyclic) bond motifs is 1. The van der Waals surface area contributed by atoms with E-state index in [1.54, 1.807) is 106 Å². The van der Waals surface area contributed by atoms with Crippen LogP contribution in [0.4, 0.5) is 17.1 Å². The van der Waals surface area contributed by atoms with Crippen LogP contribution in [0.2, 0.25) is 0 Å². The zero-order valence-electron chi connectivity index (χ0n) is 59.6. The molecule has 0 spiro atoms. The molecule has 18 heteroatoms. The summed E-state index contributed by atoms with van der Waals surface area (Å²) in [6.45, 7) is 0.859. The van der Waals surface area contributed by atoms with Crippen LogP contribution in [0.25, 0.3) is 0 Å². The maximum absolute atomic E-state index is 13.7. The molecular formula is C82H109N3O12S3. The highest BCUT2D eigenvalue weighted by Crippen LogP contribution is 2.37. The van der Waals surface area contributed by atoms with Crippen molar-refractivity contribution in [2.24, 2.45) is 17.8 Å². The van der Waals surface area contributed by atoms with Gasteiger partial charge < -0.3 is 14.2 Å². The van der Waals surface area contributed by atoms with Gasteiger partial charge in [-0.05, 0) is 228 Å². The van der Waals surface area contributed by atoms with Crippen molar-refractivity contribution in [3.63, 3.8) is 0 Å². The molecule has 6 aromatic carbocycles. The summed E-state index contributed by atoms with van der Waals surface area (Å²) in [5.41, 5.74) is 5.82. The standard InChI is InChI=1S/C30H41NO4S.C28H37NO4S.C24H31NO4S/c1-35-28-19-21-29(22-20-28)36(33,34)31(23-9-14-30(32)26-12-5-2-3-6-13-26)27-17-15-25(16-18-27)24-10-7-4-8-11-24;1-33-26-16-18-27(19-17-26)34(31,32)29(25-15-14-22-9-6-7-12-24(22)21-25)20-8-13-28(30)23-10-4-2-3-5-11-23;1-29-22-15-17-23(18-16-22)30(27,28)25(21-12-7-4-8-13-21)19-9-14-24(26)20-10-5-2-3-6-11-20/h15-22,24,26H,2-14,23H2,1H3;14-19,21,23H,2-13,20H2,1H3;4,7-8,12-13,15-18,20H,2-3,5-6,9-11,14,19H2,1H3. The summed E-state index contributed by atoms with van der Waals surface area (Å²) in [5.74, 6) is 3.74. The predicted octanol–water partition coefficient (Wildman–Crippen LogP) is 18.6. The van der Waals surface area contributed by atoms with Crippen LogP contribution in [0, 0.1) is 17.8 Å². The SMILES string of the molecule is COc1ccc(S(=O)(=O)N(CCCC(=O)C2CCCCCC2)c2ccc(C3CCCCC3)cc2)cc1.COc1ccc(S(=O)(=O)N(CCCC(=O)C2CCCCCC2)c2ccc3c(c2)CCCC3)cc1.COc1ccc(S(=O)(=O)N(CCCC(=O)C2CCCCCC2)c2ccccc2)cc1. The second-order valence-corrected chi connectivity index (χ2v) is 33.5. The lowest BCUT2D eigenvalue weighted by molar-refractivity contribution is -0.124. The maximum Gasteiger partial charge on any atom is 0.264 e. The quantitative estimate of drug-likeness (QED) is 0.0423. The molecule has 0 aliphatic heterocycles. The van der Waals surface area contributed by atoms with Gasteiger partial charge in [-0.2, -0.15) is 0 Å². The van der Waals surface area contributed by atoms with Gasteiger partial charge >= 0.3 is 0 Å². The van der Waals surface area contributed by atoms with E-state index in [2.05, 4.69) is 18.2 Å². The number of ether oxygens (including phenoxy) is 3. The Balaban J connectivity index is 0.000000176. The molecule has 0 aromatic heterocycles.